The maximum Gasteiger partial charge on any atom is 0.255 e. The van der Waals surface area contributed by atoms with Crippen molar-refractivity contribution in [2.45, 2.75) is 0 Å². The van der Waals surface area contributed by atoms with Gasteiger partial charge in [-0.2, -0.15) is 0 Å². The molecule has 1 aromatic heterocycles. The standard InChI is InChI=1S/C14H15BrN4O/c1-19(2)13-6-4-10(8-17-13)18-14(20)9-3-5-11(15)12(16)7-9/h3-8H,16H2,1-2H3,(H,18,20). The molecule has 6 heteroatoms. The van der Waals surface area contributed by atoms with E-state index in [4.69, 9.17) is 5.73 Å². The summed E-state index contributed by atoms with van der Waals surface area (Å²) in [5.41, 5.74) is 7.43. The smallest absolute Gasteiger partial charge is 0.255 e. The molecule has 0 spiro atoms. The molecule has 2 aromatic rings. The van der Waals surface area contributed by atoms with E-state index < -0.39 is 0 Å². The molecule has 0 radical (unpaired) electrons. The molecule has 0 fully saturated rings. The summed E-state index contributed by atoms with van der Waals surface area (Å²) in [6, 6.07) is 8.73. The van der Waals surface area contributed by atoms with Crippen LogP contribution in [0.2, 0.25) is 0 Å². The number of rotatable bonds is 3. The maximum absolute atomic E-state index is 12.1. The zero-order valence-electron chi connectivity index (χ0n) is 11.2. The third-order valence-electron chi connectivity index (χ3n) is 2.72. The van der Waals surface area contributed by atoms with Gasteiger partial charge in [-0.25, -0.2) is 4.98 Å². The Labute approximate surface area is 125 Å². The van der Waals surface area contributed by atoms with E-state index in [1.807, 2.05) is 31.1 Å². The predicted octanol–water partition coefficient (Wildman–Crippen LogP) is 2.74. The van der Waals surface area contributed by atoms with Crippen LogP contribution < -0.4 is 16.0 Å². The molecule has 0 unspecified atom stereocenters. The van der Waals surface area contributed by atoms with E-state index in [-0.39, 0.29) is 5.91 Å². The first-order chi connectivity index (χ1) is 9.47. The highest BCUT2D eigenvalue weighted by Crippen LogP contribution is 2.21. The number of nitrogen functional groups attached to an aromatic ring is 1. The number of carbonyl (C=O) groups is 1. The summed E-state index contributed by atoms with van der Waals surface area (Å²) in [7, 11) is 3.82. The van der Waals surface area contributed by atoms with Crippen molar-refractivity contribution in [1.82, 2.24) is 4.98 Å². The van der Waals surface area contributed by atoms with Gasteiger partial charge in [0.2, 0.25) is 0 Å². The zero-order chi connectivity index (χ0) is 14.7. The van der Waals surface area contributed by atoms with E-state index in [0.29, 0.717) is 16.9 Å². The summed E-state index contributed by atoms with van der Waals surface area (Å²) in [4.78, 5) is 18.2. The normalized spacial score (nSPS) is 10.2. The molecule has 20 heavy (non-hydrogen) atoms. The number of anilines is 3. The quantitative estimate of drug-likeness (QED) is 0.846. The Kier molecular flexibility index (Phi) is 4.24. The second-order valence-corrected chi connectivity index (χ2v) is 5.34. The van der Waals surface area contributed by atoms with Crippen LogP contribution in [0.5, 0.6) is 0 Å². The van der Waals surface area contributed by atoms with Crippen LogP contribution >= 0.6 is 15.9 Å². The lowest BCUT2D eigenvalue weighted by Gasteiger charge is -2.11. The average Bonchev–Trinajstić information content (AvgIpc) is 2.42. The number of halogens is 1. The van der Waals surface area contributed by atoms with Gasteiger partial charge in [-0.05, 0) is 46.3 Å². The number of nitrogens with two attached hydrogens (primary N) is 1. The molecule has 0 bridgehead atoms. The molecule has 0 saturated carbocycles. The third kappa shape index (κ3) is 3.27. The van der Waals surface area contributed by atoms with Crippen molar-refractivity contribution in [2.24, 2.45) is 0 Å². The van der Waals surface area contributed by atoms with Gasteiger partial charge in [0.15, 0.2) is 0 Å². The van der Waals surface area contributed by atoms with E-state index >= 15 is 0 Å². The van der Waals surface area contributed by atoms with Crippen LogP contribution in [0.25, 0.3) is 0 Å². The van der Waals surface area contributed by atoms with E-state index in [0.717, 1.165) is 10.3 Å². The molecule has 0 atom stereocenters. The minimum absolute atomic E-state index is 0.219. The Morgan fingerprint density at radius 2 is 2.05 bits per heavy atom. The summed E-state index contributed by atoms with van der Waals surface area (Å²) >= 11 is 3.30. The number of carbonyl (C=O) groups excluding carboxylic acids is 1. The summed E-state index contributed by atoms with van der Waals surface area (Å²) in [6.45, 7) is 0. The van der Waals surface area contributed by atoms with Crippen LogP contribution in [0.1, 0.15) is 10.4 Å². The van der Waals surface area contributed by atoms with Crippen LogP contribution in [0.3, 0.4) is 0 Å². The average molecular weight is 335 g/mol. The minimum Gasteiger partial charge on any atom is -0.398 e. The SMILES string of the molecule is CN(C)c1ccc(NC(=O)c2ccc(Br)c(N)c2)cn1. The summed E-state index contributed by atoms with van der Waals surface area (Å²) in [5.74, 6) is 0.611. The Bertz CT molecular complexity index is 626. The fourth-order valence-corrected chi connectivity index (χ4v) is 1.86. The van der Waals surface area contributed by atoms with Crippen molar-refractivity contribution < 1.29 is 4.79 Å². The van der Waals surface area contributed by atoms with Crippen molar-refractivity contribution in [2.75, 3.05) is 30.0 Å². The number of hydrogen-bond acceptors (Lipinski definition) is 4. The molecule has 2 rings (SSSR count). The van der Waals surface area contributed by atoms with E-state index in [9.17, 15) is 4.79 Å². The number of nitrogens with zero attached hydrogens (tertiary/aromatic N) is 2. The van der Waals surface area contributed by atoms with E-state index in [1.54, 1.807) is 24.4 Å². The van der Waals surface area contributed by atoms with Gasteiger partial charge in [-0.3, -0.25) is 4.79 Å². The lowest BCUT2D eigenvalue weighted by atomic mass is 10.2. The number of amides is 1. The first-order valence-electron chi connectivity index (χ1n) is 5.97. The highest BCUT2D eigenvalue weighted by Gasteiger charge is 2.08. The van der Waals surface area contributed by atoms with Crippen molar-refractivity contribution >= 4 is 39.0 Å². The molecule has 0 aliphatic rings. The number of pyridine rings is 1. The molecule has 1 aromatic carbocycles. The van der Waals surface area contributed by atoms with Crippen molar-refractivity contribution in [3.05, 3.63) is 46.6 Å². The molecule has 3 N–H and O–H groups in total. The highest BCUT2D eigenvalue weighted by atomic mass is 79.9. The van der Waals surface area contributed by atoms with Gasteiger partial charge in [0.25, 0.3) is 5.91 Å². The summed E-state index contributed by atoms with van der Waals surface area (Å²) in [5, 5.41) is 2.78. The van der Waals surface area contributed by atoms with Gasteiger partial charge >= 0.3 is 0 Å². The van der Waals surface area contributed by atoms with E-state index in [2.05, 4.69) is 26.2 Å². The molecule has 0 saturated heterocycles. The molecule has 1 amide bonds. The van der Waals surface area contributed by atoms with Gasteiger partial charge in [0.05, 0.1) is 11.9 Å². The first-order valence-corrected chi connectivity index (χ1v) is 6.76. The topological polar surface area (TPSA) is 71.2 Å². The van der Waals surface area contributed by atoms with Crippen LogP contribution in [0.4, 0.5) is 17.2 Å². The number of benzene rings is 1. The molecular formula is C14H15BrN4O. The van der Waals surface area contributed by atoms with Crippen LogP contribution in [-0.4, -0.2) is 25.0 Å². The molecule has 104 valence electrons. The lowest BCUT2D eigenvalue weighted by molar-refractivity contribution is 0.102. The van der Waals surface area contributed by atoms with Crippen LogP contribution in [-0.2, 0) is 0 Å². The third-order valence-corrected chi connectivity index (χ3v) is 3.44. The van der Waals surface area contributed by atoms with Crippen LogP contribution in [0.15, 0.2) is 41.0 Å². The van der Waals surface area contributed by atoms with Crippen molar-refractivity contribution in [3.63, 3.8) is 0 Å². The molecule has 1 heterocycles. The Balaban J connectivity index is 2.12. The fraction of sp³-hybridized carbons (Fsp3) is 0.143. The fourth-order valence-electron chi connectivity index (χ4n) is 1.61. The van der Waals surface area contributed by atoms with Gasteiger partial charge in [-0.15, -0.1) is 0 Å². The van der Waals surface area contributed by atoms with Crippen molar-refractivity contribution in [3.8, 4) is 0 Å². The molecule has 0 aliphatic carbocycles. The van der Waals surface area contributed by atoms with Crippen molar-refractivity contribution in [1.29, 1.82) is 0 Å². The first kappa shape index (κ1) is 14.3. The largest absolute Gasteiger partial charge is 0.398 e. The predicted molar refractivity (Wildman–Crippen MR) is 85.1 cm³/mol. The number of nitrogens with one attached hydrogen (secondary N) is 1. The molecule has 5 nitrogen and oxygen atoms in total. The van der Waals surface area contributed by atoms with Gasteiger partial charge < -0.3 is 16.0 Å². The second kappa shape index (κ2) is 5.92. The maximum atomic E-state index is 12.1. The monoisotopic (exact) mass is 334 g/mol. The number of aromatic nitrogens is 1. The molecular weight excluding hydrogens is 320 g/mol. The van der Waals surface area contributed by atoms with Crippen LogP contribution in [0, 0.1) is 0 Å². The lowest BCUT2D eigenvalue weighted by Crippen LogP contribution is -2.14. The Morgan fingerprint density at radius 1 is 1.30 bits per heavy atom. The minimum atomic E-state index is -0.219. The summed E-state index contributed by atoms with van der Waals surface area (Å²) in [6.07, 6.45) is 1.62. The number of hydrogen-bond donors (Lipinski definition) is 2. The van der Waals surface area contributed by atoms with Gasteiger partial charge in [0.1, 0.15) is 5.82 Å². The Hall–Kier alpha value is -2.08. The highest BCUT2D eigenvalue weighted by molar-refractivity contribution is 9.10. The van der Waals surface area contributed by atoms with E-state index in [1.165, 1.54) is 0 Å². The van der Waals surface area contributed by atoms with Gasteiger partial charge in [0, 0.05) is 29.8 Å². The zero-order valence-corrected chi connectivity index (χ0v) is 12.8. The second-order valence-electron chi connectivity index (χ2n) is 4.49. The molecule has 0 aliphatic heterocycles. The Morgan fingerprint density at radius 3 is 2.60 bits per heavy atom. The van der Waals surface area contributed by atoms with Gasteiger partial charge in [-0.1, -0.05) is 0 Å². The summed E-state index contributed by atoms with van der Waals surface area (Å²) < 4.78 is 0.769.